The zero-order valence-corrected chi connectivity index (χ0v) is 30.0. The highest BCUT2D eigenvalue weighted by atomic mass is 16.3. The third-order valence-corrected chi connectivity index (χ3v) is 9.04. The Hall–Kier alpha value is -1.17. The van der Waals surface area contributed by atoms with Gasteiger partial charge in [-0.05, 0) is 32.1 Å². The highest BCUT2D eigenvalue weighted by Gasteiger charge is 2.22. The summed E-state index contributed by atoms with van der Waals surface area (Å²) in [6, 6.07) is -0.808. The van der Waals surface area contributed by atoms with Gasteiger partial charge in [-0.2, -0.15) is 0 Å². The molecule has 0 aliphatic heterocycles. The molecule has 0 spiro atoms. The lowest BCUT2D eigenvalue weighted by Gasteiger charge is -2.21. The minimum Gasteiger partial charge on any atom is -0.394 e. The zero-order valence-electron chi connectivity index (χ0n) is 30.0. The first kappa shape index (κ1) is 43.8. The number of carbonyl (C=O) groups excluding carboxylic acids is 1. The first-order valence-electron chi connectivity index (χ1n) is 19.7. The van der Waals surface area contributed by atoms with Crippen molar-refractivity contribution in [1.29, 1.82) is 0 Å². The monoisotopic (exact) mass is 636 g/mol. The van der Waals surface area contributed by atoms with Gasteiger partial charge in [0.25, 0.3) is 0 Å². The number of hydrogen-bond donors (Lipinski definition) is 4. The van der Waals surface area contributed by atoms with Crippen LogP contribution in [0.3, 0.4) is 0 Å². The molecule has 0 saturated carbocycles. The van der Waals surface area contributed by atoms with Crippen LogP contribution >= 0.6 is 0 Å². The number of aliphatic hydroxyl groups is 3. The van der Waals surface area contributed by atoms with Gasteiger partial charge in [-0.1, -0.05) is 192 Å². The van der Waals surface area contributed by atoms with Crippen LogP contribution in [0.2, 0.25) is 0 Å². The predicted molar refractivity (Wildman–Crippen MR) is 195 cm³/mol. The molecular formula is C40H77NO4. The Morgan fingerprint density at radius 1 is 0.533 bits per heavy atom. The fourth-order valence-electron chi connectivity index (χ4n) is 5.91. The van der Waals surface area contributed by atoms with Crippen molar-refractivity contribution in [1.82, 2.24) is 5.32 Å². The van der Waals surface area contributed by atoms with Crippen molar-refractivity contribution in [3.63, 3.8) is 0 Å². The molecular weight excluding hydrogens is 558 g/mol. The lowest BCUT2D eigenvalue weighted by molar-refractivity contribution is -0.131. The van der Waals surface area contributed by atoms with Crippen LogP contribution < -0.4 is 5.32 Å². The second-order valence-electron chi connectivity index (χ2n) is 13.5. The van der Waals surface area contributed by atoms with E-state index in [-0.39, 0.29) is 6.61 Å². The van der Waals surface area contributed by atoms with Crippen molar-refractivity contribution in [3.8, 4) is 0 Å². The molecule has 0 aliphatic rings. The number of rotatable bonds is 35. The summed E-state index contributed by atoms with van der Waals surface area (Å²) in [6.45, 7) is 4.14. The summed E-state index contributed by atoms with van der Waals surface area (Å²) in [7, 11) is 0. The molecule has 5 heteroatoms. The van der Waals surface area contributed by atoms with Crippen molar-refractivity contribution in [3.05, 3.63) is 24.3 Å². The second kappa shape index (κ2) is 35.7. The largest absolute Gasteiger partial charge is 0.394 e. The molecule has 0 bridgehead atoms. The summed E-state index contributed by atoms with van der Waals surface area (Å²) in [4.78, 5) is 12.3. The Bertz CT molecular complexity index is 665. The Kier molecular flexibility index (Phi) is 34.8. The Morgan fingerprint density at radius 2 is 0.911 bits per heavy atom. The van der Waals surface area contributed by atoms with Gasteiger partial charge in [0, 0.05) is 0 Å². The molecule has 0 fully saturated rings. The van der Waals surface area contributed by atoms with Crippen LogP contribution in [0.25, 0.3) is 0 Å². The van der Waals surface area contributed by atoms with Gasteiger partial charge in [0.05, 0.1) is 18.8 Å². The Morgan fingerprint density at radius 3 is 1.36 bits per heavy atom. The third kappa shape index (κ3) is 31.2. The lowest BCUT2D eigenvalue weighted by atomic mass is 10.0. The van der Waals surface area contributed by atoms with Crippen LogP contribution in [-0.2, 0) is 4.79 Å². The van der Waals surface area contributed by atoms with Crippen molar-refractivity contribution >= 4 is 5.91 Å². The first-order valence-corrected chi connectivity index (χ1v) is 19.7. The van der Waals surface area contributed by atoms with Crippen molar-refractivity contribution < 1.29 is 20.1 Å². The summed E-state index contributed by atoms with van der Waals surface area (Å²) in [5.74, 6) is -0.516. The van der Waals surface area contributed by atoms with Crippen LogP contribution in [0.5, 0.6) is 0 Å². The summed E-state index contributed by atoms with van der Waals surface area (Å²) >= 11 is 0. The first-order chi connectivity index (χ1) is 22.1. The fourth-order valence-corrected chi connectivity index (χ4v) is 5.91. The molecule has 0 aromatic rings. The van der Waals surface area contributed by atoms with Crippen molar-refractivity contribution in [2.24, 2.45) is 0 Å². The average Bonchev–Trinajstić information content (AvgIpc) is 3.04. The van der Waals surface area contributed by atoms with Crippen molar-refractivity contribution in [2.45, 2.75) is 218 Å². The molecule has 0 aromatic heterocycles. The maximum absolute atomic E-state index is 12.3. The smallest absolute Gasteiger partial charge is 0.249 e. The molecule has 3 atom stereocenters. The van der Waals surface area contributed by atoms with Crippen LogP contribution in [0.15, 0.2) is 24.3 Å². The quantitative estimate of drug-likeness (QED) is 0.0412. The van der Waals surface area contributed by atoms with E-state index < -0.39 is 24.2 Å². The van der Waals surface area contributed by atoms with E-state index in [1.165, 1.54) is 141 Å². The molecule has 0 aromatic carbocycles. The normalized spacial score (nSPS) is 14.0. The molecule has 0 aliphatic carbocycles. The number of aliphatic hydroxyl groups excluding tert-OH is 3. The Balaban J connectivity index is 3.69. The molecule has 266 valence electrons. The van der Waals surface area contributed by atoms with Crippen LogP contribution in [0.1, 0.15) is 200 Å². The summed E-state index contributed by atoms with van der Waals surface area (Å²) in [5, 5.41) is 32.9. The van der Waals surface area contributed by atoms with Gasteiger partial charge >= 0.3 is 0 Å². The van der Waals surface area contributed by atoms with Crippen LogP contribution in [0.4, 0.5) is 0 Å². The third-order valence-electron chi connectivity index (χ3n) is 9.04. The number of amides is 1. The van der Waals surface area contributed by atoms with E-state index in [2.05, 4.69) is 31.3 Å². The molecule has 3 unspecified atom stereocenters. The van der Waals surface area contributed by atoms with E-state index in [1.54, 1.807) is 6.08 Å². The fraction of sp³-hybridized carbons (Fsp3) is 0.875. The minimum absolute atomic E-state index is 0.374. The van der Waals surface area contributed by atoms with Crippen LogP contribution in [-0.4, -0.2) is 46.1 Å². The van der Waals surface area contributed by atoms with E-state index in [1.807, 2.05) is 6.08 Å². The molecule has 1 amide bonds. The molecule has 0 radical (unpaired) electrons. The number of nitrogens with one attached hydrogen (secondary N) is 1. The lowest BCUT2D eigenvalue weighted by Crippen LogP contribution is -2.48. The van der Waals surface area contributed by atoms with Crippen molar-refractivity contribution in [2.75, 3.05) is 6.61 Å². The van der Waals surface area contributed by atoms with E-state index in [0.29, 0.717) is 6.42 Å². The zero-order chi connectivity index (χ0) is 33.1. The van der Waals surface area contributed by atoms with Gasteiger partial charge in [-0.15, -0.1) is 0 Å². The summed E-state index contributed by atoms with van der Waals surface area (Å²) in [5.41, 5.74) is 0. The van der Waals surface area contributed by atoms with Gasteiger partial charge in [-0.25, -0.2) is 0 Å². The van der Waals surface area contributed by atoms with E-state index in [9.17, 15) is 20.1 Å². The topological polar surface area (TPSA) is 89.8 Å². The average molecular weight is 636 g/mol. The molecule has 0 heterocycles. The van der Waals surface area contributed by atoms with Gasteiger partial charge in [0.2, 0.25) is 5.91 Å². The summed E-state index contributed by atoms with van der Waals surface area (Å²) < 4.78 is 0. The second-order valence-corrected chi connectivity index (χ2v) is 13.5. The van der Waals surface area contributed by atoms with Gasteiger partial charge in [-0.3, -0.25) is 4.79 Å². The number of allylic oxidation sites excluding steroid dienone is 3. The number of hydrogen-bond acceptors (Lipinski definition) is 4. The number of unbranched alkanes of at least 4 members (excludes halogenated alkanes) is 25. The van der Waals surface area contributed by atoms with E-state index >= 15 is 0 Å². The van der Waals surface area contributed by atoms with E-state index in [4.69, 9.17) is 0 Å². The molecule has 4 N–H and O–H groups in total. The minimum atomic E-state index is -1.10. The Labute approximate surface area is 280 Å². The van der Waals surface area contributed by atoms with Gasteiger partial charge < -0.3 is 20.6 Å². The standard InChI is InChI=1S/C40H77NO4/c1-3-5-7-9-11-13-14-15-16-17-18-19-20-21-22-23-24-25-27-28-30-32-34-38(43)37(36-42)41-40(45)39(44)35-33-31-29-26-12-10-8-6-4-2/h25,27,32,34,37-39,42-44H,3-24,26,28-31,33,35-36H2,1-2H3,(H,41,45)/b27-25+,34-32+. The highest BCUT2D eigenvalue weighted by Crippen LogP contribution is 2.15. The van der Waals surface area contributed by atoms with Gasteiger partial charge in [0.1, 0.15) is 6.10 Å². The van der Waals surface area contributed by atoms with E-state index in [0.717, 1.165) is 38.5 Å². The van der Waals surface area contributed by atoms with Crippen LogP contribution in [0, 0.1) is 0 Å². The predicted octanol–water partition coefficient (Wildman–Crippen LogP) is 10.7. The summed E-state index contributed by atoms with van der Waals surface area (Å²) in [6.07, 6.45) is 42.2. The molecule has 0 rings (SSSR count). The highest BCUT2D eigenvalue weighted by molar-refractivity contribution is 5.80. The van der Waals surface area contributed by atoms with Gasteiger partial charge in [0.15, 0.2) is 0 Å². The maximum Gasteiger partial charge on any atom is 0.249 e. The molecule has 0 saturated heterocycles. The molecule has 5 nitrogen and oxygen atoms in total. The SMILES string of the molecule is CCCCCCCCCCCCCCCCCC/C=C/CC/C=C/C(O)C(CO)NC(=O)C(O)CCCCCCCCCCC. The molecule has 45 heavy (non-hydrogen) atoms. The number of carbonyl (C=O) groups is 1. The maximum atomic E-state index is 12.3.